The van der Waals surface area contributed by atoms with Gasteiger partial charge in [-0.3, -0.25) is 0 Å². The van der Waals surface area contributed by atoms with Crippen LogP contribution in [0, 0.1) is 11.6 Å². The number of benzene rings is 2. The van der Waals surface area contributed by atoms with Crippen LogP contribution in [-0.2, 0) is 15.6 Å². The van der Waals surface area contributed by atoms with Gasteiger partial charge >= 0.3 is 0 Å². The zero-order valence-electron chi connectivity index (χ0n) is 10.5. The van der Waals surface area contributed by atoms with Crippen molar-refractivity contribution in [3.63, 3.8) is 0 Å². The maximum absolute atomic E-state index is 12.7. The monoisotopic (exact) mass is 294 g/mol. The number of hydrogen-bond acceptors (Lipinski definition) is 2. The maximum atomic E-state index is 12.7. The molecule has 0 amide bonds. The van der Waals surface area contributed by atoms with E-state index < -0.39 is 15.7 Å². The Morgan fingerprint density at radius 1 is 0.850 bits per heavy atom. The van der Waals surface area contributed by atoms with Crippen molar-refractivity contribution in [2.24, 2.45) is 0 Å². The van der Waals surface area contributed by atoms with E-state index in [0.29, 0.717) is 11.1 Å². The lowest BCUT2D eigenvalue weighted by Gasteiger charge is -2.00. The zero-order chi connectivity index (χ0) is 14.6. The third kappa shape index (κ3) is 4.28. The number of hydrogen-bond donors (Lipinski definition) is 0. The molecular formula is C15H12F2O2S. The quantitative estimate of drug-likeness (QED) is 0.864. The summed E-state index contributed by atoms with van der Waals surface area (Å²) in [5, 5.41) is 1.07. The lowest BCUT2D eigenvalue weighted by Crippen LogP contribution is -1.99. The fraction of sp³-hybridized carbons (Fsp3) is 0.0667. The predicted octanol–water partition coefficient (Wildman–Crippen LogP) is 3.55. The van der Waals surface area contributed by atoms with Crippen LogP contribution in [0.5, 0.6) is 0 Å². The topological polar surface area (TPSA) is 34.1 Å². The fourth-order valence-corrected chi connectivity index (χ4v) is 2.73. The molecule has 0 heterocycles. The Morgan fingerprint density at radius 3 is 1.90 bits per heavy atom. The number of rotatable bonds is 4. The summed E-state index contributed by atoms with van der Waals surface area (Å²) in [7, 11) is -3.45. The number of halogens is 2. The Kier molecular flexibility index (Phi) is 4.29. The molecule has 0 radical (unpaired) electrons. The van der Waals surface area contributed by atoms with Crippen LogP contribution in [0.1, 0.15) is 11.1 Å². The van der Waals surface area contributed by atoms with E-state index in [0.717, 1.165) is 5.41 Å². The molecule has 0 bridgehead atoms. The predicted molar refractivity (Wildman–Crippen MR) is 74.5 cm³/mol. The molecule has 0 aliphatic rings. The van der Waals surface area contributed by atoms with Gasteiger partial charge < -0.3 is 0 Å². The van der Waals surface area contributed by atoms with E-state index in [1.54, 1.807) is 0 Å². The Morgan fingerprint density at radius 2 is 1.35 bits per heavy atom. The third-order valence-electron chi connectivity index (χ3n) is 2.62. The molecule has 2 aromatic rings. The highest BCUT2D eigenvalue weighted by Gasteiger charge is 2.07. The standard InChI is InChI=1S/C15H12F2O2S/c16-14-5-1-12(2-6-14)9-10-20(18,19)11-13-3-7-15(17)8-4-13/h1-10H,11H2/b10-9-. The first kappa shape index (κ1) is 14.4. The van der Waals surface area contributed by atoms with Crippen molar-refractivity contribution in [1.82, 2.24) is 0 Å². The van der Waals surface area contributed by atoms with Crippen LogP contribution in [0.15, 0.2) is 53.9 Å². The van der Waals surface area contributed by atoms with Crippen molar-refractivity contribution < 1.29 is 17.2 Å². The molecule has 104 valence electrons. The summed E-state index contributed by atoms with van der Waals surface area (Å²) in [5.74, 6) is -0.991. The Bertz CT molecular complexity index is 703. The highest BCUT2D eigenvalue weighted by molar-refractivity contribution is 7.93. The van der Waals surface area contributed by atoms with Crippen molar-refractivity contribution in [3.05, 3.63) is 76.7 Å². The molecule has 5 heteroatoms. The molecule has 0 spiro atoms. The normalized spacial score (nSPS) is 11.9. The van der Waals surface area contributed by atoms with Crippen LogP contribution < -0.4 is 0 Å². The summed E-state index contributed by atoms with van der Waals surface area (Å²) in [5.41, 5.74) is 1.10. The molecule has 2 nitrogen and oxygen atoms in total. The molecule has 0 fully saturated rings. The summed E-state index contributed by atoms with van der Waals surface area (Å²) in [6.45, 7) is 0. The summed E-state index contributed by atoms with van der Waals surface area (Å²) in [6.07, 6.45) is 1.40. The summed E-state index contributed by atoms with van der Waals surface area (Å²) in [6, 6.07) is 10.8. The molecule has 20 heavy (non-hydrogen) atoms. The van der Waals surface area contributed by atoms with Crippen LogP contribution in [0.2, 0.25) is 0 Å². The molecule has 0 saturated carbocycles. The van der Waals surface area contributed by atoms with Gasteiger partial charge in [-0.25, -0.2) is 17.2 Å². The SMILES string of the molecule is O=S(=O)(/C=C\c1ccc(F)cc1)Cc1ccc(F)cc1. The average Bonchev–Trinajstić information content (AvgIpc) is 2.41. The van der Waals surface area contributed by atoms with Crippen LogP contribution >= 0.6 is 0 Å². The molecule has 0 unspecified atom stereocenters. The Balaban J connectivity index is 2.11. The van der Waals surface area contributed by atoms with Crippen molar-refractivity contribution in [2.45, 2.75) is 5.75 Å². The second-order valence-corrected chi connectivity index (χ2v) is 6.17. The highest BCUT2D eigenvalue weighted by Crippen LogP contribution is 2.11. The molecule has 0 saturated heterocycles. The zero-order valence-corrected chi connectivity index (χ0v) is 11.3. The van der Waals surface area contributed by atoms with Gasteiger partial charge in [-0.1, -0.05) is 24.3 Å². The minimum atomic E-state index is -3.45. The molecule has 2 aromatic carbocycles. The minimum Gasteiger partial charge on any atom is -0.224 e. The third-order valence-corrected chi connectivity index (χ3v) is 3.91. The van der Waals surface area contributed by atoms with Crippen LogP contribution in [0.4, 0.5) is 8.78 Å². The molecule has 0 aliphatic carbocycles. The smallest absolute Gasteiger partial charge is 0.175 e. The molecular weight excluding hydrogens is 282 g/mol. The van der Waals surface area contributed by atoms with Gasteiger partial charge in [-0.15, -0.1) is 0 Å². The van der Waals surface area contributed by atoms with E-state index in [4.69, 9.17) is 0 Å². The first-order chi connectivity index (χ1) is 9.44. The molecule has 2 rings (SSSR count). The van der Waals surface area contributed by atoms with E-state index in [1.165, 1.54) is 54.6 Å². The van der Waals surface area contributed by atoms with Gasteiger partial charge in [0, 0.05) is 5.41 Å². The largest absolute Gasteiger partial charge is 0.224 e. The maximum Gasteiger partial charge on any atom is 0.175 e. The van der Waals surface area contributed by atoms with Crippen molar-refractivity contribution in [1.29, 1.82) is 0 Å². The van der Waals surface area contributed by atoms with Crippen LogP contribution in [0.25, 0.3) is 6.08 Å². The van der Waals surface area contributed by atoms with E-state index in [1.807, 2.05) is 0 Å². The van der Waals surface area contributed by atoms with E-state index in [2.05, 4.69) is 0 Å². The van der Waals surface area contributed by atoms with Gasteiger partial charge in [0.1, 0.15) is 11.6 Å². The van der Waals surface area contributed by atoms with E-state index >= 15 is 0 Å². The van der Waals surface area contributed by atoms with Gasteiger partial charge in [-0.2, -0.15) is 0 Å². The highest BCUT2D eigenvalue weighted by atomic mass is 32.2. The van der Waals surface area contributed by atoms with Gasteiger partial charge in [0.25, 0.3) is 0 Å². The average molecular weight is 294 g/mol. The summed E-state index contributed by atoms with van der Waals surface area (Å²) >= 11 is 0. The summed E-state index contributed by atoms with van der Waals surface area (Å²) < 4.78 is 49.2. The Labute approximate surface area is 116 Å². The second kappa shape index (κ2) is 5.96. The second-order valence-electron chi connectivity index (χ2n) is 4.29. The lowest BCUT2D eigenvalue weighted by atomic mass is 10.2. The van der Waals surface area contributed by atoms with Crippen molar-refractivity contribution >= 4 is 15.9 Å². The van der Waals surface area contributed by atoms with Gasteiger partial charge in [-0.05, 0) is 41.5 Å². The van der Waals surface area contributed by atoms with Crippen LogP contribution in [0.3, 0.4) is 0 Å². The minimum absolute atomic E-state index is 0.203. The van der Waals surface area contributed by atoms with Gasteiger partial charge in [0.05, 0.1) is 5.75 Å². The van der Waals surface area contributed by atoms with E-state index in [-0.39, 0.29) is 11.6 Å². The Hall–Kier alpha value is -2.01. The molecule has 0 aromatic heterocycles. The van der Waals surface area contributed by atoms with Crippen molar-refractivity contribution in [2.75, 3.05) is 0 Å². The fourth-order valence-electron chi connectivity index (χ4n) is 1.62. The van der Waals surface area contributed by atoms with Gasteiger partial charge in [0.2, 0.25) is 0 Å². The molecule has 0 N–H and O–H groups in total. The lowest BCUT2D eigenvalue weighted by molar-refractivity contribution is 0.603. The first-order valence-electron chi connectivity index (χ1n) is 5.85. The number of sulfone groups is 1. The first-order valence-corrected chi connectivity index (χ1v) is 7.57. The van der Waals surface area contributed by atoms with E-state index in [9.17, 15) is 17.2 Å². The molecule has 0 aliphatic heterocycles. The van der Waals surface area contributed by atoms with Crippen LogP contribution in [-0.4, -0.2) is 8.42 Å². The molecule has 0 atom stereocenters. The summed E-state index contributed by atoms with van der Waals surface area (Å²) in [4.78, 5) is 0. The van der Waals surface area contributed by atoms with Crippen molar-refractivity contribution in [3.8, 4) is 0 Å². The van der Waals surface area contributed by atoms with Gasteiger partial charge in [0.15, 0.2) is 9.84 Å².